The number of aliphatic hydroxyl groups is 1. The van der Waals surface area contributed by atoms with Gasteiger partial charge in [0.15, 0.2) is 0 Å². The average Bonchev–Trinajstić information content (AvgIpc) is 2.71. The SMILES string of the molecule is C[C@@H]1C(N2[C@H](C)CC[C@H]2C)=CC(=O)O[C@@H]1[C@@H](C)CO. The highest BCUT2D eigenvalue weighted by atomic mass is 16.5. The van der Waals surface area contributed by atoms with Crippen LogP contribution in [0.2, 0.25) is 0 Å². The van der Waals surface area contributed by atoms with Gasteiger partial charge in [0, 0.05) is 42.3 Å². The van der Waals surface area contributed by atoms with Crippen LogP contribution in [-0.4, -0.2) is 40.8 Å². The maximum atomic E-state index is 11.8. The first-order valence-corrected chi connectivity index (χ1v) is 7.27. The molecule has 0 spiro atoms. The topological polar surface area (TPSA) is 49.8 Å². The van der Waals surface area contributed by atoms with Crippen molar-refractivity contribution in [2.75, 3.05) is 6.61 Å². The highest BCUT2D eigenvalue weighted by Crippen LogP contribution is 2.36. The van der Waals surface area contributed by atoms with Crippen molar-refractivity contribution >= 4 is 5.97 Å². The van der Waals surface area contributed by atoms with E-state index in [9.17, 15) is 9.90 Å². The zero-order chi connectivity index (χ0) is 14.2. The van der Waals surface area contributed by atoms with Gasteiger partial charge in [0.1, 0.15) is 6.10 Å². The Hall–Kier alpha value is -1.03. The Morgan fingerprint density at radius 2 is 1.95 bits per heavy atom. The number of esters is 1. The summed E-state index contributed by atoms with van der Waals surface area (Å²) in [4.78, 5) is 14.2. The largest absolute Gasteiger partial charge is 0.458 e. The van der Waals surface area contributed by atoms with E-state index in [-0.39, 0.29) is 30.5 Å². The van der Waals surface area contributed by atoms with Crippen LogP contribution in [0.25, 0.3) is 0 Å². The molecular weight excluding hydrogens is 242 g/mol. The van der Waals surface area contributed by atoms with Crippen LogP contribution in [0.1, 0.15) is 40.5 Å². The Balaban J connectivity index is 2.26. The first-order valence-electron chi connectivity index (χ1n) is 7.27. The Bertz CT molecular complexity index is 370. The minimum atomic E-state index is -0.273. The normalized spacial score (nSPS) is 37.0. The highest BCUT2D eigenvalue weighted by Gasteiger charge is 2.39. The van der Waals surface area contributed by atoms with Gasteiger partial charge in [0.05, 0.1) is 0 Å². The number of rotatable bonds is 3. The summed E-state index contributed by atoms with van der Waals surface area (Å²) >= 11 is 0. The van der Waals surface area contributed by atoms with E-state index in [4.69, 9.17) is 4.74 Å². The summed E-state index contributed by atoms with van der Waals surface area (Å²) in [6.45, 7) is 8.48. The van der Waals surface area contributed by atoms with E-state index < -0.39 is 0 Å². The van der Waals surface area contributed by atoms with Gasteiger partial charge in [-0.25, -0.2) is 4.79 Å². The fourth-order valence-electron chi connectivity index (χ4n) is 3.42. The van der Waals surface area contributed by atoms with Gasteiger partial charge in [0.2, 0.25) is 0 Å². The maximum Gasteiger partial charge on any atom is 0.332 e. The molecule has 2 rings (SSSR count). The molecule has 2 heterocycles. The number of carbonyl (C=O) groups excluding carboxylic acids is 1. The summed E-state index contributed by atoms with van der Waals surface area (Å²) in [5.74, 6) is -0.164. The lowest BCUT2D eigenvalue weighted by Gasteiger charge is -2.40. The van der Waals surface area contributed by atoms with Gasteiger partial charge in [-0.15, -0.1) is 0 Å². The molecule has 0 amide bonds. The maximum absolute atomic E-state index is 11.8. The lowest BCUT2D eigenvalue weighted by molar-refractivity contribution is -0.151. The molecule has 1 N–H and O–H groups in total. The number of hydrogen-bond acceptors (Lipinski definition) is 4. The summed E-state index contributed by atoms with van der Waals surface area (Å²) in [5.41, 5.74) is 1.08. The second-order valence-electron chi connectivity index (χ2n) is 6.10. The quantitative estimate of drug-likeness (QED) is 0.794. The Morgan fingerprint density at radius 3 is 2.47 bits per heavy atom. The molecule has 1 fully saturated rings. The number of carbonyl (C=O) groups is 1. The zero-order valence-electron chi connectivity index (χ0n) is 12.3. The van der Waals surface area contributed by atoms with E-state index >= 15 is 0 Å². The molecule has 0 saturated carbocycles. The molecule has 1 saturated heterocycles. The van der Waals surface area contributed by atoms with E-state index in [1.54, 1.807) is 6.08 Å². The van der Waals surface area contributed by atoms with E-state index in [1.807, 2.05) is 6.92 Å². The summed E-state index contributed by atoms with van der Waals surface area (Å²) in [5, 5.41) is 9.32. The summed E-state index contributed by atoms with van der Waals surface area (Å²) < 4.78 is 5.41. The van der Waals surface area contributed by atoms with E-state index in [0.29, 0.717) is 12.1 Å². The molecule has 0 bridgehead atoms. The summed E-state index contributed by atoms with van der Waals surface area (Å²) in [7, 11) is 0. The van der Waals surface area contributed by atoms with Crippen LogP contribution in [-0.2, 0) is 9.53 Å². The average molecular weight is 267 g/mol. The third-order valence-electron chi connectivity index (χ3n) is 4.58. The molecule has 0 radical (unpaired) electrons. The molecule has 4 nitrogen and oxygen atoms in total. The molecule has 108 valence electrons. The van der Waals surface area contributed by atoms with Crippen molar-refractivity contribution < 1.29 is 14.6 Å². The molecule has 0 aromatic heterocycles. The minimum Gasteiger partial charge on any atom is -0.458 e. The van der Waals surface area contributed by atoms with Crippen LogP contribution in [0.4, 0.5) is 0 Å². The molecule has 0 aromatic carbocycles. The number of likely N-dealkylation sites (tertiary alicyclic amines) is 1. The molecular formula is C15H25NO3. The summed E-state index contributed by atoms with van der Waals surface area (Å²) in [6, 6.07) is 0.944. The fraction of sp³-hybridized carbons (Fsp3) is 0.800. The predicted molar refractivity (Wildman–Crippen MR) is 73.4 cm³/mol. The van der Waals surface area contributed by atoms with Crippen LogP contribution in [0.5, 0.6) is 0 Å². The fourth-order valence-corrected chi connectivity index (χ4v) is 3.42. The Kier molecular flexibility index (Phi) is 4.19. The van der Waals surface area contributed by atoms with Crippen molar-refractivity contribution in [2.45, 2.75) is 58.7 Å². The first kappa shape index (κ1) is 14.4. The zero-order valence-corrected chi connectivity index (χ0v) is 12.3. The van der Waals surface area contributed by atoms with E-state index in [1.165, 1.54) is 12.8 Å². The van der Waals surface area contributed by atoms with Crippen molar-refractivity contribution in [3.63, 3.8) is 0 Å². The van der Waals surface area contributed by atoms with Crippen molar-refractivity contribution in [3.05, 3.63) is 11.8 Å². The number of nitrogens with zero attached hydrogens (tertiary/aromatic N) is 1. The molecule has 2 aliphatic rings. The van der Waals surface area contributed by atoms with E-state index in [0.717, 1.165) is 5.70 Å². The van der Waals surface area contributed by atoms with Crippen LogP contribution >= 0.6 is 0 Å². The molecule has 0 unspecified atom stereocenters. The van der Waals surface area contributed by atoms with Crippen molar-refractivity contribution in [2.24, 2.45) is 11.8 Å². The van der Waals surface area contributed by atoms with Crippen LogP contribution in [0.3, 0.4) is 0 Å². The number of ether oxygens (including phenoxy) is 1. The third kappa shape index (κ3) is 2.64. The van der Waals surface area contributed by atoms with Gasteiger partial charge in [-0.1, -0.05) is 13.8 Å². The van der Waals surface area contributed by atoms with Gasteiger partial charge < -0.3 is 14.7 Å². The summed E-state index contributed by atoms with van der Waals surface area (Å²) in [6.07, 6.45) is 3.75. The van der Waals surface area contributed by atoms with Gasteiger partial charge in [-0.2, -0.15) is 0 Å². The van der Waals surface area contributed by atoms with Gasteiger partial charge in [-0.05, 0) is 26.7 Å². The van der Waals surface area contributed by atoms with Gasteiger partial charge >= 0.3 is 5.97 Å². The van der Waals surface area contributed by atoms with Crippen molar-refractivity contribution in [1.82, 2.24) is 4.90 Å². The molecule has 0 aliphatic carbocycles. The van der Waals surface area contributed by atoms with Crippen LogP contribution in [0, 0.1) is 11.8 Å². The van der Waals surface area contributed by atoms with E-state index in [2.05, 4.69) is 25.7 Å². The van der Waals surface area contributed by atoms with Crippen LogP contribution in [0.15, 0.2) is 11.8 Å². The second-order valence-corrected chi connectivity index (χ2v) is 6.10. The number of cyclic esters (lactones) is 1. The lowest BCUT2D eigenvalue weighted by atomic mass is 9.88. The molecule has 5 atom stereocenters. The van der Waals surface area contributed by atoms with Gasteiger partial charge in [-0.3, -0.25) is 0 Å². The lowest BCUT2D eigenvalue weighted by Crippen LogP contribution is -2.44. The second kappa shape index (κ2) is 5.53. The molecule has 19 heavy (non-hydrogen) atoms. The van der Waals surface area contributed by atoms with Crippen molar-refractivity contribution in [1.29, 1.82) is 0 Å². The van der Waals surface area contributed by atoms with Crippen LogP contribution < -0.4 is 0 Å². The third-order valence-corrected chi connectivity index (χ3v) is 4.58. The smallest absolute Gasteiger partial charge is 0.332 e. The highest BCUT2D eigenvalue weighted by molar-refractivity contribution is 5.84. The Morgan fingerprint density at radius 1 is 1.37 bits per heavy atom. The molecule has 4 heteroatoms. The minimum absolute atomic E-state index is 0.0316. The molecule has 0 aromatic rings. The first-order chi connectivity index (χ1) is 8.95. The molecule has 2 aliphatic heterocycles. The Labute approximate surface area is 115 Å². The predicted octanol–water partition coefficient (Wildman–Crippen LogP) is 1.93. The monoisotopic (exact) mass is 267 g/mol. The number of aliphatic hydroxyl groups excluding tert-OH is 1. The van der Waals surface area contributed by atoms with Gasteiger partial charge in [0.25, 0.3) is 0 Å². The number of hydrogen-bond donors (Lipinski definition) is 1. The van der Waals surface area contributed by atoms with Crippen molar-refractivity contribution in [3.8, 4) is 0 Å². The standard InChI is InChI=1S/C15H25NO3/c1-9(8-17)15-12(4)13(7-14(18)19-15)16-10(2)5-6-11(16)3/h7,9-12,15,17H,5-6,8H2,1-4H3/t9-,10+,11+,12+,15+/m0/s1.